The van der Waals surface area contributed by atoms with Crippen LogP contribution in [0.25, 0.3) is 0 Å². The van der Waals surface area contributed by atoms with E-state index in [-0.39, 0.29) is 11.9 Å². The Morgan fingerprint density at radius 3 is 2.57 bits per heavy atom. The van der Waals surface area contributed by atoms with Gasteiger partial charge in [0.15, 0.2) is 0 Å². The molecule has 1 saturated carbocycles. The number of carbonyl (C=O) groups is 2. The molecule has 5 heteroatoms. The van der Waals surface area contributed by atoms with E-state index in [1.165, 1.54) is 0 Å². The van der Waals surface area contributed by atoms with Crippen LogP contribution >= 0.6 is 11.6 Å². The van der Waals surface area contributed by atoms with Gasteiger partial charge in [0, 0.05) is 11.1 Å². The second-order valence-electron chi connectivity index (χ2n) is 6.36. The van der Waals surface area contributed by atoms with Gasteiger partial charge in [-0.1, -0.05) is 37.6 Å². The van der Waals surface area contributed by atoms with Crippen molar-refractivity contribution in [2.45, 2.75) is 33.2 Å². The van der Waals surface area contributed by atoms with Crippen LogP contribution in [0.1, 0.15) is 26.3 Å². The van der Waals surface area contributed by atoms with Crippen molar-refractivity contribution in [1.29, 1.82) is 0 Å². The first-order valence-corrected chi connectivity index (χ1v) is 7.39. The summed E-state index contributed by atoms with van der Waals surface area (Å²) in [4.78, 5) is 23.3. The Morgan fingerprint density at radius 1 is 1.38 bits per heavy atom. The molecule has 1 aliphatic carbocycles. The van der Waals surface area contributed by atoms with E-state index in [1.807, 2.05) is 39.0 Å². The number of amides is 1. The van der Waals surface area contributed by atoms with Gasteiger partial charge in [-0.3, -0.25) is 9.59 Å². The quantitative estimate of drug-likeness (QED) is 0.879. The van der Waals surface area contributed by atoms with Crippen LogP contribution in [0.15, 0.2) is 24.3 Å². The van der Waals surface area contributed by atoms with E-state index in [1.54, 1.807) is 6.07 Å². The lowest BCUT2D eigenvalue weighted by atomic mass is 10.1. The number of carbonyl (C=O) groups excluding carboxylic acids is 1. The molecule has 0 heterocycles. The van der Waals surface area contributed by atoms with Crippen molar-refractivity contribution in [2.24, 2.45) is 17.3 Å². The summed E-state index contributed by atoms with van der Waals surface area (Å²) in [6.45, 7) is 5.54. The molecule has 3 atom stereocenters. The molecule has 114 valence electrons. The van der Waals surface area contributed by atoms with Crippen molar-refractivity contribution >= 4 is 23.5 Å². The first-order valence-electron chi connectivity index (χ1n) is 7.01. The zero-order chi connectivity index (χ0) is 15.8. The molecule has 1 aromatic carbocycles. The Bertz CT molecular complexity index is 570. The number of benzene rings is 1. The molecule has 3 unspecified atom stereocenters. The summed E-state index contributed by atoms with van der Waals surface area (Å²) in [7, 11) is 0. The van der Waals surface area contributed by atoms with Gasteiger partial charge in [-0.2, -0.15) is 0 Å². The van der Waals surface area contributed by atoms with Crippen LogP contribution in [-0.2, 0) is 16.0 Å². The summed E-state index contributed by atoms with van der Waals surface area (Å²) in [5.74, 6) is -2.11. The number of carboxylic acid groups (broad SMARTS) is 1. The molecule has 0 saturated heterocycles. The molecule has 0 aromatic heterocycles. The minimum absolute atomic E-state index is 0.0678. The van der Waals surface area contributed by atoms with Gasteiger partial charge in [-0.15, -0.1) is 0 Å². The normalized spacial score (nSPS) is 24.2. The summed E-state index contributed by atoms with van der Waals surface area (Å²) >= 11 is 5.93. The van der Waals surface area contributed by atoms with Crippen molar-refractivity contribution in [3.8, 4) is 0 Å². The minimum Gasteiger partial charge on any atom is -0.481 e. The molecule has 2 rings (SSSR count). The third kappa shape index (κ3) is 3.38. The molecule has 1 aliphatic rings. The number of hydrogen-bond donors (Lipinski definition) is 2. The molecule has 2 N–H and O–H groups in total. The van der Waals surface area contributed by atoms with Gasteiger partial charge < -0.3 is 10.4 Å². The topological polar surface area (TPSA) is 66.4 Å². The van der Waals surface area contributed by atoms with Gasteiger partial charge >= 0.3 is 5.97 Å². The van der Waals surface area contributed by atoms with Gasteiger partial charge in [-0.25, -0.2) is 0 Å². The highest BCUT2D eigenvalue weighted by Gasteiger charge is 2.65. The summed E-state index contributed by atoms with van der Waals surface area (Å²) in [6.07, 6.45) is 0.664. The van der Waals surface area contributed by atoms with E-state index >= 15 is 0 Å². The third-order valence-electron chi connectivity index (χ3n) is 4.20. The first-order chi connectivity index (χ1) is 9.73. The van der Waals surface area contributed by atoms with Crippen LogP contribution in [0.2, 0.25) is 5.02 Å². The third-order valence-corrected chi connectivity index (χ3v) is 4.43. The molecule has 4 nitrogen and oxygen atoms in total. The number of carboxylic acids is 1. The van der Waals surface area contributed by atoms with Gasteiger partial charge in [0.1, 0.15) is 0 Å². The van der Waals surface area contributed by atoms with Crippen LogP contribution in [-0.4, -0.2) is 23.0 Å². The van der Waals surface area contributed by atoms with Crippen molar-refractivity contribution in [1.82, 2.24) is 5.32 Å². The molecular formula is C16H20ClNO3. The summed E-state index contributed by atoms with van der Waals surface area (Å²) in [5.41, 5.74) is 0.575. The zero-order valence-electron chi connectivity index (χ0n) is 12.4. The van der Waals surface area contributed by atoms with Crippen molar-refractivity contribution < 1.29 is 14.7 Å². The number of hydrogen-bond acceptors (Lipinski definition) is 2. The van der Waals surface area contributed by atoms with Crippen molar-refractivity contribution in [3.05, 3.63) is 34.9 Å². The number of aliphatic carboxylic acids is 1. The fourth-order valence-corrected chi connectivity index (χ4v) is 3.20. The van der Waals surface area contributed by atoms with Crippen LogP contribution < -0.4 is 5.32 Å². The van der Waals surface area contributed by atoms with Crippen LogP contribution in [0, 0.1) is 17.3 Å². The molecule has 0 spiro atoms. The molecule has 1 amide bonds. The second-order valence-corrected chi connectivity index (χ2v) is 6.80. The lowest BCUT2D eigenvalue weighted by Crippen LogP contribution is -2.36. The van der Waals surface area contributed by atoms with Gasteiger partial charge in [0.25, 0.3) is 0 Å². The maximum absolute atomic E-state index is 12.2. The van der Waals surface area contributed by atoms with Gasteiger partial charge in [0.2, 0.25) is 5.91 Å². The fourth-order valence-electron chi connectivity index (χ4n) is 2.99. The van der Waals surface area contributed by atoms with Gasteiger partial charge in [0.05, 0.1) is 11.8 Å². The SMILES string of the molecule is CC(Cc1cccc(Cl)c1)NC(=O)C1C(C(=O)O)C1(C)C. The second kappa shape index (κ2) is 5.68. The van der Waals surface area contributed by atoms with E-state index in [4.69, 9.17) is 16.7 Å². The Morgan fingerprint density at radius 2 is 2.05 bits per heavy atom. The molecule has 0 bridgehead atoms. The number of rotatable bonds is 5. The van der Waals surface area contributed by atoms with Crippen LogP contribution in [0.5, 0.6) is 0 Å². The van der Waals surface area contributed by atoms with E-state index in [2.05, 4.69) is 5.32 Å². The standard InChI is InChI=1S/C16H20ClNO3/c1-9(7-10-5-4-6-11(17)8-10)18-14(19)12-13(15(20)21)16(12,2)3/h4-6,8-9,12-13H,7H2,1-3H3,(H,18,19)(H,20,21). The van der Waals surface area contributed by atoms with Crippen molar-refractivity contribution in [2.75, 3.05) is 0 Å². The smallest absolute Gasteiger partial charge is 0.307 e. The van der Waals surface area contributed by atoms with Crippen LogP contribution in [0.4, 0.5) is 0 Å². The number of halogens is 1. The maximum Gasteiger partial charge on any atom is 0.307 e. The highest BCUT2D eigenvalue weighted by atomic mass is 35.5. The molecule has 1 fully saturated rings. The van der Waals surface area contributed by atoms with Crippen molar-refractivity contribution in [3.63, 3.8) is 0 Å². The molecule has 0 radical (unpaired) electrons. The van der Waals surface area contributed by atoms with E-state index in [9.17, 15) is 9.59 Å². The Hall–Kier alpha value is -1.55. The summed E-state index contributed by atoms with van der Waals surface area (Å²) < 4.78 is 0. The predicted octanol–water partition coefficient (Wildman–Crippen LogP) is 2.74. The van der Waals surface area contributed by atoms with Gasteiger partial charge in [-0.05, 0) is 36.5 Å². The molecule has 0 aliphatic heterocycles. The minimum atomic E-state index is -0.900. The zero-order valence-corrected chi connectivity index (χ0v) is 13.1. The van der Waals surface area contributed by atoms with E-state index in [0.29, 0.717) is 11.4 Å². The predicted molar refractivity (Wildman–Crippen MR) is 81.2 cm³/mol. The largest absolute Gasteiger partial charge is 0.481 e. The summed E-state index contributed by atoms with van der Waals surface area (Å²) in [6, 6.07) is 7.43. The Balaban J connectivity index is 1.93. The Kier molecular flexibility index (Phi) is 4.28. The fraction of sp³-hybridized carbons (Fsp3) is 0.500. The average molecular weight is 310 g/mol. The van der Waals surface area contributed by atoms with E-state index in [0.717, 1.165) is 5.56 Å². The van der Waals surface area contributed by atoms with Crippen LogP contribution in [0.3, 0.4) is 0 Å². The maximum atomic E-state index is 12.2. The first kappa shape index (κ1) is 15.8. The highest BCUT2D eigenvalue weighted by molar-refractivity contribution is 6.30. The molecular weight excluding hydrogens is 290 g/mol. The molecule has 1 aromatic rings. The number of nitrogens with one attached hydrogen (secondary N) is 1. The lowest BCUT2D eigenvalue weighted by Gasteiger charge is -2.14. The molecule has 21 heavy (non-hydrogen) atoms. The monoisotopic (exact) mass is 309 g/mol. The summed E-state index contributed by atoms with van der Waals surface area (Å²) in [5, 5.41) is 12.7. The van der Waals surface area contributed by atoms with E-state index < -0.39 is 23.2 Å². The Labute approximate surface area is 129 Å². The average Bonchev–Trinajstić information content (AvgIpc) is 2.92. The lowest BCUT2D eigenvalue weighted by molar-refractivity contribution is -0.140. The highest BCUT2D eigenvalue weighted by Crippen LogP contribution is 2.58.